The molecular formula is C28H30N4O3. The van der Waals surface area contributed by atoms with Crippen LogP contribution in [0.4, 0.5) is 0 Å². The van der Waals surface area contributed by atoms with E-state index in [1.807, 2.05) is 48.7 Å². The molecule has 0 bridgehead atoms. The van der Waals surface area contributed by atoms with E-state index in [1.165, 1.54) is 5.39 Å². The lowest BCUT2D eigenvalue weighted by Crippen LogP contribution is -2.38. The van der Waals surface area contributed by atoms with E-state index in [2.05, 4.69) is 50.4 Å². The third-order valence-corrected chi connectivity index (χ3v) is 6.07. The molecule has 180 valence electrons. The van der Waals surface area contributed by atoms with Crippen molar-refractivity contribution in [3.05, 3.63) is 77.2 Å². The van der Waals surface area contributed by atoms with Crippen LogP contribution in [0.1, 0.15) is 22.5 Å². The van der Waals surface area contributed by atoms with Crippen molar-refractivity contribution in [3.63, 3.8) is 0 Å². The van der Waals surface area contributed by atoms with Crippen LogP contribution in [-0.4, -0.2) is 66.6 Å². The highest BCUT2D eigenvalue weighted by Gasteiger charge is 2.10. The van der Waals surface area contributed by atoms with Crippen LogP contribution in [0.15, 0.2) is 54.7 Å². The zero-order valence-corrected chi connectivity index (χ0v) is 19.9. The molecule has 7 nitrogen and oxygen atoms in total. The minimum absolute atomic E-state index is 0.640. The molecule has 1 aliphatic rings. The van der Waals surface area contributed by atoms with Gasteiger partial charge in [0, 0.05) is 43.0 Å². The zero-order valence-electron chi connectivity index (χ0n) is 19.9. The molecule has 4 aromatic rings. The van der Waals surface area contributed by atoms with E-state index in [4.69, 9.17) is 14.2 Å². The molecule has 1 fully saturated rings. The van der Waals surface area contributed by atoms with Gasteiger partial charge in [0.2, 0.25) is 0 Å². The van der Waals surface area contributed by atoms with Crippen LogP contribution in [0.25, 0.3) is 35.2 Å². The van der Waals surface area contributed by atoms with Crippen molar-refractivity contribution in [3.8, 4) is 11.5 Å². The Hall–Kier alpha value is -3.81. The average Bonchev–Trinajstić information content (AvgIpc) is 3.56. The summed E-state index contributed by atoms with van der Waals surface area (Å²) >= 11 is 0. The van der Waals surface area contributed by atoms with Crippen molar-refractivity contribution in [1.29, 1.82) is 0 Å². The smallest absolute Gasteiger partial charge is 0.129 e. The summed E-state index contributed by atoms with van der Waals surface area (Å²) in [6.45, 7) is 5.05. The topological polar surface area (TPSA) is 75.4 Å². The second-order valence-corrected chi connectivity index (χ2v) is 8.45. The Labute approximate surface area is 205 Å². The maximum Gasteiger partial charge on any atom is 0.129 e. The summed E-state index contributed by atoms with van der Waals surface area (Å²) in [6.07, 6.45) is 10.0. The molecule has 1 aliphatic heterocycles. The number of H-pyrrole nitrogens is 2. The fourth-order valence-electron chi connectivity index (χ4n) is 4.09. The lowest BCUT2D eigenvalue weighted by molar-refractivity contribution is 0.0322. The predicted octanol–water partition coefficient (Wildman–Crippen LogP) is 4.95. The molecule has 7 heteroatoms. The van der Waals surface area contributed by atoms with Crippen molar-refractivity contribution < 1.29 is 14.2 Å². The van der Waals surface area contributed by atoms with Gasteiger partial charge in [-0.15, -0.1) is 0 Å². The highest BCUT2D eigenvalue weighted by Crippen LogP contribution is 2.26. The van der Waals surface area contributed by atoms with Gasteiger partial charge in [-0.3, -0.25) is 10.00 Å². The van der Waals surface area contributed by atoms with Gasteiger partial charge in [-0.25, -0.2) is 0 Å². The molecule has 5 rings (SSSR count). The van der Waals surface area contributed by atoms with Gasteiger partial charge >= 0.3 is 0 Å². The molecular weight excluding hydrogens is 440 g/mol. The first-order valence-corrected chi connectivity index (χ1v) is 11.9. The fourth-order valence-corrected chi connectivity index (χ4v) is 4.09. The first-order chi connectivity index (χ1) is 17.3. The molecule has 0 atom stereocenters. The van der Waals surface area contributed by atoms with Gasteiger partial charge in [-0.05, 0) is 59.5 Å². The molecule has 1 saturated heterocycles. The molecule has 2 aromatic carbocycles. The third-order valence-electron chi connectivity index (χ3n) is 6.07. The Balaban J connectivity index is 1.19. The monoisotopic (exact) mass is 470 g/mol. The SMILES string of the molecule is COc1cc(OCCN2CCOCC2)ccc1/C=C/c1cc(/C=C/c2ccc3cc[nH]c3c2)[nH]n1. The van der Waals surface area contributed by atoms with Gasteiger partial charge in [0.05, 0.1) is 31.7 Å². The second kappa shape index (κ2) is 11.1. The van der Waals surface area contributed by atoms with Crippen LogP contribution in [0.3, 0.4) is 0 Å². The predicted molar refractivity (Wildman–Crippen MR) is 140 cm³/mol. The molecule has 0 spiro atoms. The summed E-state index contributed by atoms with van der Waals surface area (Å²) in [5.41, 5.74) is 5.00. The Morgan fingerprint density at radius 1 is 1.00 bits per heavy atom. The maximum absolute atomic E-state index is 5.94. The maximum atomic E-state index is 5.94. The first-order valence-electron chi connectivity index (χ1n) is 11.9. The number of hydrogen-bond donors (Lipinski definition) is 2. The normalized spacial score (nSPS) is 14.9. The van der Waals surface area contributed by atoms with E-state index >= 15 is 0 Å². The summed E-state index contributed by atoms with van der Waals surface area (Å²) in [5.74, 6) is 1.57. The van der Waals surface area contributed by atoms with E-state index in [0.717, 1.165) is 72.4 Å². The molecule has 2 N–H and O–H groups in total. The van der Waals surface area contributed by atoms with Crippen molar-refractivity contribution >= 4 is 35.2 Å². The van der Waals surface area contributed by atoms with Crippen LogP contribution in [-0.2, 0) is 4.74 Å². The lowest BCUT2D eigenvalue weighted by atomic mass is 10.1. The summed E-state index contributed by atoms with van der Waals surface area (Å²) in [7, 11) is 1.67. The number of morpholine rings is 1. The van der Waals surface area contributed by atoms with Gasteiger partial charge < -0.3 is 19.2 Å². The van der Waals surface area contributed by atoms with Gasteiger partial charge in [-0.1, -0.05) is 18.2 Å². The molecule has 0 radical (unpaired) electrons. The second-order valence-electron chi connectivity index (χ2n) is 8.45. The van der Waals surface area contributed by atoms with Gasteiger partial charge in [0.1, 0.15) is 18.1 Å². The van der Waals surface area contributed by atoms with Crippen molar-refractivity contribution in [2.24, 2.45) is 0 Å². The van der Waals surface area contributed by atoms with Crippen LogP contribution in [0.5, 0.6) is 11.5 Å². The van der Waals surface area contributed by atoms with Crippen molar-refractivity contribution in [2.75, 3.05) is 46.6 Å². The van der Waals surface area contributed by atoms with Gasteiger partial charge in [0.15, 0.2) is 0 Å². The van der Waals surface area contributed by atoms with Crippen molar-refractivity contribution in [2.45, 2.75) is 0 Å². The van der Waals surface area contributed by atoms with Crippen LogP contribution in [0, 0.1) is 0 Å². The quantitative estimate of drug-likeness (QED) is 0.362. The number of aromatic nitrogens is 3. The average molecular weight is 471 g/mol. The number of benzene rings is 2. The highest BCUT2D eigenvalue weighted by molar-refractivity contribution is 5.83. The van der Waals surface area contributed by atoms with Crippen LogP contribution >= 0.6 is 0 Å². The zero-order chi connectivity index (χ0) is 23.9. The number of methoxy groups -OCH3 is 1. The Kier molecular flexibility index (Phi) is 7.27. The molecule has 0 saturated carbocycles. The molecule has 2 aromatic heterocycles. The minimum atomic E-state index is 0.640. The van der Waals surface area contributed by atoms with Gasteiger partial charge in [0.25, 0.3) is 0 Å². The summed E-state index contributed by atoms with van der Waals surface area (Å²) in [6, 6.07) is 16.3. The summed E-state index contributed by atoms with van der Waals surface area (Å²) in [5, 5.41) is 8.68. The van der Waals surface area contributed by atoms with E-state index in [1.54, 1.807) is 7.11 Å². The van der Waals surface area contributed by atoms with E-state index < -0.39 is 0 Å². The fraction of sp³-hybridized carbons (Fsp3) is 0.250. The molecule has 3 heterocycles. The number of nitrogens with one attached hydrogen (secondary N) is 2. The van der Waals surface area contributed by atoms with E-state index in [-0.39, 0.29) is 0 Å². The molecule has 0 aliphatic carbocycles. The molecule has 0 amide bonds. The number of ether oxygens (including phenoxy) is 3. The number of aromatic amines is 2. The lowest BCUT2D eigenvalue weighted by Gasteiger charge is -2.26. The first kappa shape index (κ1) is 23.0. The number of hydrogen-bond acceptors (Lipinski definition) is 5. The van der Waals surface area contributed by atoms with Crippen molar-refractivity contribution in [1.82, 2.24) is 20.1 Å². The van der Waals surface area contributed by atoms with Crippen LogP contribution < -0.4 is 9.47 Å². The Bertz CT molecular complexity index is 1310. The number of rotatable bonds is 9. The number of nitrogens with zero attached hydrogens (tertiary/aromatic N) is 2. The third kappa shape index (κ3) is 6.01. The Morgan fingerprint density at radius 3 is 2.80 bits per heavy atom. The number of fused-ring (bicyclic) bond motifs is 1. The summed E-state index contributed by atoms with van der Waals surface area (Å²) < 4.78 is 16.9. The highest BCUT2D eigenvalue weighted by atomic mass is 16.5. The molecule has 35 heavy (non-hydrogen) atoms. The van der Waals surface area contributed by atoms with Gasteiger partial charge in [-0.2, -0.15) is 5.10 Å². The molecule has 0 unspecified atom stereocenters. The minimum Gasteiger partial charge on any atom is -0.496 e. The standard InChI is InChI=1S/C28H30N4O3/c1-33-28-20-26(35-17-14-32-12-15-34-16-13-32)9-6-23(28)5-8-25-19-24(30-31-25)7-3-21-2-4-22-10-11-29-27(22)18-21/h2-11,18-20,29H,12-17H2,1H3,(H,30,31)/b7-3+,8-5+. The Morgan fingerprint density at radius 2 is 1.91 bits per heavy atom. The summed E-state index contributed by atoms with van der Waals surface area (Å²) in [4.78, 5) is 5.60. The largest absolute Gasteiger partial charge is 0.496 e. The van der Waals surface area contributed by atoms with E-state index in [9.17, 15) is 0 Å². The van der Waals surface area contributed by atoms with E-state index in [0.29, 0.717) is 6.61 Å². The van der Waals surface area contributed by atoms with Crippen LogP contribution in [0.2, 0.25) is 0 Å².